The van der Waals surface area contributed by atoms with Gasteiger partial charge in [-0.15, -0.1) is 0 Å². The molecule has 1 aliphatic rings. The van der Waals surface area contributed by atoms with E-state index in [2.05, 4.69) is 27.9 Å². The minimum Gasteiger partial charge on any atom is -0.467 e. The van der Waals surface area contributed by atoms with Crippen LogP contribution >= 0.6 is 22.6 Å². The highest BCUT2D eigenvalue weighted by Crippen LogP contribution is 2.25. The molecule has 1 aliphatic heterocycles. The Balaban J connectivity index is 1.54. The first-order chi connectivity index (χ1) is 17.5. The maximum absolute atomic E-state index is 13.5. The Morgan fingerprint density at radius 1 is 0.972 bits per heavy atom. The molecule has 1 N–H and O–H groups in total. The van der Waals surface area contributed by atoms with Gasteiger partial charge in [0, 0.05) is 16.4 Å². The monoisotopic (exact) mass is 598 g/mol. The Morgan fingerprint density at radius 3 is 2.36 bits per heavy atom. The first-order valence-electron chi connectivity index (χ1n) is 11.6. The Hall–Kier alpha value is -3.40. The number of fused-ring (bicyclic) bond motifs is 1. The second kappa shape index (κ2) is 12.0. The molecule has 0 spiro atoms. The van der Waals surface area contributed by atoms with Crippen molar-refractivity contribution in [3.8, 4) is 0 Å². The molecule has 0 fully saturated rings. The van der Waals surface area contributed by atoms with Gasteiger partial charge in [0.2, 0.25) is 5.91 Å². The molecule has 0 saturated carbocycles. The second-order valence-electron chi connectivity index (χ2n) is 8.54. The molecule has 8 heteroatoms. The first kappa shape index (κ1) is 25.7. The van der Waals surface area contributed by atoms with Gasteiger partial charge in [-0.3, -0.25) is 9.69 Å². The van der Waals surface area contributed by atoms with Crippen LogP contribution < -0.4 is 5.32 Å². The van der Waals surface area contributed by atoms with Gasteiger partial charge in [-0.2, -0.15) is 0 Å². The Bertz CT molecular complexity index is 1230. The summed E-state index contributed by atoms with van der Waals surface area (Å²) in [5.74, 6) is -0.972. The van der Waals surface area contributed by atoms with Crippen molar-refractivity contribution >= 4 is 40.6 Å². The zero-order valence-electron chi connectivity index (χ0n) is 19.9. The second-order valence-corrected chi connectivity index (χ2v) is 9.70. The van der Waals surface area contributed by atoms with E-state index in [1.807, 2.05) is 78.9 Å². The van der Waals surface area contributed by atoms with E-state index in [0.717, 1.165) is 25.8 Å². The van der Waals surface area contributed by atoms with Crippen molar-refractivity contribution in [2.45, 2.75) is 38.1 Å². The summed E-state index contributed by atoms with van der Waals surface area (Å²) in [4.78, 5) is 40.7. The van der Waals surface area contributed by atoms with Gasteiger partial charge in [0.15, 0.2) is 0 Å². The molecule has 1 heterocycles. The lowest BCUT2D eigenvalue weighted by Crippen LogP contribution is -2.56. The Morgan fingerprint density at radius 2 is 1.64 bits per heavy atom. The maximum Gasteiger partial charge on any atom is 0.411 e. The van der Waals surface area contributed by atoms with E-state index in [4.69, 9.17) is 9.47 Å². The van der Waals surface area contributed by atoms with Gasteiger partial charge in [-0.1, -0.05) is 72.8 Å². The minimum absolute atomic E-state index is 0.101. The summed E-state index contributed by atoms with van der Waals surface area (Å²) < 4.78 is 11.5. The number of carbonyl (C=O) groups is 3. The molecule has 0 aromatic heterocycles. The zero-order chi connectivity index (χ0) is 25.5. The predicted octanol–water partition coefficient (Wildman–Crippen LogP) is 4.26. The molecular weight excluding hydrogens is 571 g/mol. The van der Waals surface area contributed by atoms with Crippen molar-refractivity contribution in [1.29, 1.82) is 0 Å². The van der Waals surface area contributed by atoms with Crippen LogP contribution in [0.25, 0.3) is 0 Å². The van der Waals surface area contributed by atoms with Crippen molar-refractivity contribution in [2.24, 2.45) is 0 Å². The highest BCUT2D eigenvalue weighted by Gasteiger charge is 2.37. The lowest BCUT2D eigenvalue weighted by atomic mass is 9.93. The van der Waals surface area contributed by atoms with E-state index >= 15 is 0 Å². The van der Waals surface area contributed by atoms with Crippen LogP contribution in [0, 0.1) is 3.57 Å². The Labute approximate surface area is 223 Å². The number of hydrogen-bond acceptors (Lipinski definition) is 5. The summed E-state index contributed by atoms with van der Waals surface area (Å²) in [5.41, 5.74) is 3.72. The number of ether oxygens (including phenoxy) is 2. The number of amides is 2. The van der Waals surface area contributed by atoms with E-state index in [1.54, 1.807) is 0 Å². The molecule has 3 aromatic carbocycles. The molecule has 3 aromatic rings. The number of benzene rings is 3. The van der Waals surface area contributed by atoms with Crippen molar-refractivity contribution in [1.82, 2.24) is 10.2 Å². The number of methoxy groups -OCH3 is 1. The van der Waals surface area contributed by atoms with Crippen LogP contribution in [0.3, 0.4) is 0 Å². The molecule has 7 nitrogen and oxygen atoms in total. The molecular formula is C28H27IN2O5. The largest absolute Gasteiger partial charge is 0.467 e. The number of nitrogens with zero attached hydrogens (tertiary/aromatic N) is 1. The first-order valence-corrected chi connectivity index (χ1v) is 12.7. The lowest BCUT2D eigenvalue weighted by Gasteiger charge is -2.35. The summed E-state index contributed by atoms with van der Waals surface area (Å²) in [6.07, 6.45) is 0.0131. The summed E-state index contributed by atoms with van der Waals surface area (Å²) in [5, 5.41) is 2.84. The van der Waals surface area contributed by atoms with Crippen LogP contribution in [-0.4, -0.2) is 42.1 Å². The fraction of sp³-hybridized carbons (Fsp3) is 0.250. The number of nitrogens with one attached hydrogen (secondary N) is 1. The predicted molar refractivity (Wildman–Crippen MR) is 143 cm³/mol. The Kier molecular flexibility index (Phi) is 8.58. The number of esters is 1. The SMILES string of the molecule is COC(=O)[C@H](Cc1ccccc1I)NC(=O)[C@@H]1Cc2ccccc2CN1C(=O)OCc1ccccc1. The van der Waals surface area contributed by atoms with E-state index in [9.17, 15) is 14.4 Å². The smallest absolute Gasteiger partial charge is 0.411 e. The van der Waals surface area contributed by atoms with Crippen molar-refractivity contribution in [3.05, 3.63) is 105 Å². The molecule has 4 rings (SSSR count). The van der Waals surface area contributed by atoms with Crippen molar-refractivity contribution < 1.29 is 23.9 Å². The van der Waals surface area contributed by atoms with Crippen molar-refractivity contribution in [2.75, 3.05) is 7.11 Å². The summed E-state index contributed by atoms with van der Waals surface area (Å²) in [7, 11) is 1.29. The fourth-order valence-corrected chi connectivity index (χ4v) is 4.85. The third-order valence-electron chi connectivity index (χ3n) is 6.17. The normalized spacial score (nSPS) is 15.4. The molecule has 0 aliphatic carbocycles. The third-order valence-corrected chi connectivity index (χ3v) is 7.23. The summed E-state index contributed by atoms with van der Waals surface area (Å²) in [6.45, 7) is 0.338. The number of carbonyl (C=O) groups excluding carboxylic acids is 3. The van der Waals surface area contributed by atoms with Crippen LogP contribution in [0.4, 0.5) is 4.79 Å². The zero-order valence-corrected chi connectivity index (χ0v) is 22.0. The molecule has 36 heavy (non-hydrogen) atoms. The summed E-state index contributed by atoms with van der Waals surface area (Å²) in [6, 6.07) is 23.0. The van der Waals surface area contributed by atoms with Gasteiger partial charge < -0.3 is 14.8 Å². The topological polar surface area (TPSA) is 84.9 Å². The van der Waals surface area contributed by atoms with Crippen LogP contribution in [0.2, 0.25) is 0 Å². The minimum atomic E-state index is -0.891. The molecule has 0 unspecified atom stereocenters. The molecule has 0 bridgehead atoms. The van der Waals surface area contributed by atoms with Gasteiger partial charge in [0.25, 0.3) is 0 Å². The lowest BCUT2D eigenvalue weighted by molar-refractivity contribution is -0.145. The van der Waals surface area contributed by atoms with E-state index in [1.165, 1.54) is 12.0 Å². The van der Waals surface area contributed by atoms with Gasteiger partial charge >= 0.3 is 12.1 Å². The third kappa shape index (κ3) is 6.23. The van der Waals surface area contributed by atoms with Gasteiger partial charge in [0.05, 0.1) is 13.7 Å². The fourth-order valence-electron chi connectivity index (χ4n) is 4.24. The van der Waals surface area contributed by atoms with Crippen molar-refractivity contribution in [3.63, 3.8) is 0 Å². The molecule has 2 amide bonds. The highest BCUT2D eigenvalue weighted by atomic mass is 127. The maximum atomic E-state index is 13.5. The molecule has 186 valence electrons. The van der Waals surface area contributed by atoms with Crippen LogP contribution in [0.15, 0.2) is 78.9 Å². The van der Waals surface area contributed by atoms with Gasteiger partial charge in [0.1, 0.15) is 18.7 Å². The van der Waals surface area contributed by atoms with Crippen LogP contribution in [0.5, 0.6) is 0 Å². The average Bonchev–Trinajstić information content (AvgIpc) is 2.91. The van der Waals surface area contributed by atoms with Gasteiger partial charge in [-0.25, -0.2) is 9.59 Å². The van der Waals surface area contributed by atoms with E-state index in [-0.39, 0.29) is 19.6 Å². The average molecular weight is 598 g/mol. The van der Waals surface area contributed by atoms with E-state index < -0.39 is 30.1 Å². The van der Waals surface area contributed by atoms with E-state index in [0.29, 0.717) is 6.42 Å². The quantitative estimate of drug-likeness (QED) is 0.325. The standard InChI is InChI=1S/C28H27IN2O5/c1-35-27(33)24(15-21-12-7-8-14-23(21)29)30-26(32)25-16-20-11-5-6-13-22(20)17-31(25)28(34)36-18-19-9-3-2-4-10-19/h2-14,24-25H,15-18H2,1H3,(H,30,32)/t24-,25-/m0/s1. The number of rotatable bonds is 7. The van der Waals surface area contributed by atoms with Gasteiger partial charge in [-0.05, 0) is 50.9 Å². The van der Waals surface area contributed by atoms with Crippen LogP contribution in [-0.2, 0) is 45.1 Å². The molecule has 0 saturated heterocycles. The summed E-state index contributed by atoms with van der Waals surface area (Å²) >= 11 is 2.20. The highest BCUT2D eigenvalue weighted by molar-refractivity contribution is 14.1. The number of halogens is 1. The van der Waals surface area contributed by atoms with Crippen LogP contribution in [0.1, 0.15) is 22.3 Å². The number of hydrogen-bond donors (Lipinski definition) is 1. The molecule has 2 atom stereocenters. The molecule has 0 radical (unpaired) electrons.